The van der Waals surface area contributed by atoms with Crippen molar-refractivity contribution in [1.82, 2.24) is 9.88 Å². The predicted octanol–water partition coefficient (Wildman–Crippen LogP) is 3.28. The Bertz CT molecular complexity index is 371. The number of likely N-dealkylation sites (tertiary alicyclic amines) is 1. The first-order valence-corrected chi connectivity index (χ1v) is 7.36. The van der Waals surface area contributed by atoms with Crippen molar-refractivity contribution < 1.29 is 0 Å². The van der Waals surface area contributed by atoms with Crippen LogP contribution in [0.5, 0.6) is 0 Å². The van der Waals surface area contributed by atoms with Gasteiger partial charge < -0.3 is 5.73 Å². The number of halogens is 2. The lowest BCUT2D eigenvalue weighted by atomic mass is 10.1. The van der Waals surface area contributed by atoms with Crippen LogP contribution in [0.2, 0.25) is 0 Å². The largest absolute Gasteiger partial charge is 0.330 e. The summed E-state index contributed by atoms with van der Waals surface area (Å²) in [5.74, 6) is 1.22. The van der Waals surface area contributed by atoms with E-state index in [0.717, 1.165) is 19.6 Å². The molecule has 0 spiro atoms. The van der Waals surface area contributed by atoms with Crippen LogP contribution in [0.3, 0.4) is 0 Å². The molecule has 112 valence electrons. The quantitative estimate of drug-likeness (QED) is 0.923. The summed E-state index contributed by atoms with van der Waals surface area (Å²) in [4.78, 5) is 7.21. The van der Waals surface area contributed by atoms with Gasteiger partial charge >= 0.3 is 0 Å². The molecule has 1 fully saturated rings. The second-order valence-electron chi connectivity index (χ2n) is 5.45. The van der Waals surface area contributed by atoms with E-state index in [1.54, 1.807) is 11.3 Å². The highest BCUT2D eigenvalue weighted by atomic mass is 35.5. The van der Waals surface area contributed by atoms with Gasteiger partial charge in [-0.2, -0.15) is 0 Å². The Kier molecular flexibility index (Phi) is 8.48. The first-order valence-electron chi connectivity index (χ1n) is 6.48. The molecule has 0 bridgehead atoms. The highest BCUT2D eigenvalue weighted by Gasteiger charge is 2.28. The number of nitrogens with two attached hydrogens (primary N) is 1. The van der Waals surface area contributed by atoms with E-state index in [4.69, 9.17) is 10.7 Å². The van der Waals surface area contributed by atoms with Gasteiger partial charge in [0.2, 0.25) is 0 Å². The zero-order valence-electron chi connectivity index (χ0n) is 11.8. The van der Waals surface area contributed by atoms with Gasteiger partial charge in [0.15, 0.2) is 0 Å². The second-order valence-corrected chi connectivity index (χ2v) is 6.34. The van der Waals surface area contributed by atoms with E-state index in [2.05, 4.69) is 31.1 Å². The van der Waals surface area contributed by atoms with Gasteiger partial charge in [-0.3, -0.25) is 4.90 Å². The zero-order valence-corrected chi connectivity index (χ0v) is 14.3. The first kappa shape index (κ1) is 19.1. The number of aromatic nitrogens is 1. The third-order valence-corrected chi connectivity index (χ3v) is 4.75. The van der Waals surface area contributed by atoms with Crippen LogP contribution < -0.4 is 5.73 Å². The predicted molar refractivity (Wildman–Crippen MR) is 87.7 cm³/mol. The molecule has 6 heteroatoms. The Hall–Kier alpha value is 0.130. The Labute approximate surface area is 132 Å². The highest BCUT2D eigenvalue weighted by Crippen LogP contribution is 2.25. The van der Waals surface area contributed by atoms with Crippen LogP contribution in [-0.2, 0) is 6.54 Å². The van der Waals surface area contributed by atoms with Gasteiger partial charge in [0.05, 0.1) is 10.7 Å². The molecule has 0 saturated carbocycles. The van der Waals surface area contributed by atoms with Crippen LogP contribution >= 0.6 is 36.2 Å². The Morgan fingerprint density at radius 2 is 2.16 bits per heavy atom. The maximum absolute atomic E-state index is 5.76. The van der Waals surface area contributed by atoms with Crippen LogP contribution in [0.1, 0.15) is 43.8 Å². The molecule has 0 radical (unpaired) electrons. The molecular formula is C13H25Cl2N3S. The summed E-state index contributed by atoms with van der Waals surface area (Å²) < 4.78 is 0. The fourth-order valence-electron chi connectivity index (χ4n) is 2.48. The van der Waals surface area contributed by atoms with Gasteiger partial charge in [0.25, 0.3) is 0 Å². The van der Waals surface area contributed by atoms with Gasteiger partial charge in [-0.1, -0.05) is 13.8 Å². The van der Waals surface area contributed by atoms with E-state index in [-0.39, 0.29) is 24.8 Å². The molecule has 0 aromatic carbocycles. The molecule has 2 atom stereocenters. The summed E-state index contributed by atoms with van der Waals surface area (Å²) in [7, 11) is 0. The van der Waals surface area contributed by atoms with Gasteiger partial charge in [0.1, 0.15) is 0 Å². The molecule has 1 aliphatic rings. The average molecular weight is 326 g/mol. The van der Waals surface area contributed by atoms with Gasteiger partial charge in [0, 0.05) is 30.4 Å². The van der Waals surface area contributed by atoms with Crippen LogP contribution in [0.15, 0.2) is 5.38 Å². The maximum Gasteiger partial charge on any atom is 0.0954 e. The van der Waals surface area contributed by atoms with E-state index in [0.29, 0.717) is 17.9 Å². The second kappa shape index (κ2) is 8.42. The number of thiazole rings is 1. The van der Waals surface area contributed by atoms with E-state index in [1.165, 1.54) is 17.1 Å². The van der Waals surface area contributed by atoms with Crippen LogP contribution in [0, 0.1) is 5.92 Å². The summed E-state index contributed by atoms with van der Waals surface area (Å²) >= 11 is 1.79. The summed E-state index contributed by atoms with van der Waals surface area (Å²) in [6.07, 6.45) is 1.23. The minimum Gasteiger partial charge on any atom is -0.330 e. The zero-order chi connectivity index (χ0) is 12.4. The number of hydrogen-bond acceptors (Lipinski definition) is 4. The normalized spacial score (nSPS) is 23.2. The molecule has 2 rings (SSSR count). The lowest BCUT2D eigenvalue weighted by Crippen LogP contribution is -2.27. The maximum atomic E-state index is 5.76. The molecule has 1 aromatic rings. The minimum absolute atomic E-state index is 0. The highest BCUT2D eigenvalue weighted by molar-refractivity contribution is 7.09. The smallest absolute Gasteiger partial charge is 0.0954 e. The number of nitrogens with zero attached hydrogens (tertiary/aromatic N) is 2. The molecule has 0 aliphatic carbocycles. The van der Waals surface area contributed by atoms with Crippen molar-refractivity contribution in [3.8, 4) is 0 Å². The number of rotatable bonds is 4. The van der Waals surface area contributed by atoms with Gasteiger partial charge in [-0.05, 0) is 25.8 Å². The lowest BCUT2D eigenvalue weighted by Gasteiger charge is -2.19. The SMILES string of the molecule is CC(C)c1nc(CN2CC(CN)CC2C)cs1.Cl.Cl. The fourth-order valence-corrected chi connectivity index (χ4v) is 3.30. The molecule has 3 nitrogen and oxygen atoms in total. The van der Waals surface area contributed by atoms with Crippen LogP contribution in [-0.4, -0.2) is 29.0 Å². The van der Waals surface area contributed by atoms with Gasteiger partial charge in [-0.15, -0.1) is 36.2 Å². The lowest BCUT2D eigenvalue weighted by molar-refractivity contribution is 0.253. The van der Waals surface area contributed by atoms with E-state index in [1.807, 2.05) is 0 Å². The third kappa shape index (κ3) is 4.87. The molecule has 19 heavy (non-hydrogen) atoms. The van der Waals surface area contributed by atoms with Crippen molar-refractivity contribution >= 4 is 36.2 Å². The van der Waals surface area contributed by atoms with Crippen molar-refractivity contribution in [3.05, 3.63) is 16.1 Å². The molecule has 1 saturated heterocycles. The molecule has 2 heterocycles. The minimum atomic E-state index is 0. The monoisotopic (exact) mass is 325 g/mol. The third-order valence-electron chi connectivity index (χ3n) is 3.55. The summed E-state index contributed by atoms with van der Waals surface area (Å²) in [5.41, 5.74) is 6.98. The summed E-state index contributed by atoms with van der Waals surface area (Å²) in [6, 6.07) is 0.646. The van der Waals surface area contributed by atoms with Crippen molar-refractivity contribution in [1.29, 1.82) is 0 Å². The van der Waals surface area contributed by atoms with Crippen molar-refractivity contribution in [2.45, 2.75) is 45.7 Å². The number of hydrogen-bond donors (Lipinski definition) is 1. The Morgan fingerprint density at radius 1 is 1.47 bits per heavy atom. The van der Waals surface area contributed by atoms with E-state index >= 15 is 0 Å². The Morgan fingerprint density at radius 3 is 2.63 bits per heavy atom. The van der Waals surface area contributed by atoms with Crippen molar-refractivity contribution in [3.63, 3.8) is 0 Å². The van der Waals surface area contributed by atoms with E-state index in [9.17, 15) is 0 Å². The van der Waals surface area contributed by atoms with Crippen molar-refractivity contribution in [2.24, 2.45) is 11.7 Å². The molecule has 1 aromatic heterocycles. The topological polar surface area (TPSA) is 42.2 Å². The molecule has 2 N–H and O–H groups in total. The standard InChI is InChI=1S/C13H23N3S.2ClH/c1-9(2)13-15-12(8-17-13)7-16-6-11(5-14)4-10(16)3;;/h8-11H,4-7,14H2,1-3H3;2*1H. The summed E-state index contributed by atoms with van der Waals surface area (Å²) in [6.45, 7) is 9.63. The molecule has 2 unspecified atom stereocenters. The fraction of sp³-hybridized carbons (Fsp3) is 0.769. The first-order chi connectivity index (χ1) is 8.10. The van der Waals surface area contributed by atoms with E-state index < -0.39 is 0 Å². The van der Waals surface area contributed by atoms with Crippen molar-refractivity contribution in [2.75, 3.05) is 13.1 Å². The van der Waals surface area contributed by atoms with Crippen LogP contribution in [0.25, 0.3) is 0 Å². The van der Waals surface area contributed by atoms with Gasteiger partial charge in [-0.25, -0.2) is 4.98 Å². The molecule has 1 aliphatic heterocycles. The van der Waals surface area contributed by atoms with Crippen LogP contribution in [0.4, 0.5) is 0 Å². The molecule has 0 amide bonds. The Balaban J connectivity index is 0.00000162. The average Bonchev–Trinajstić information content (AvgIpc) is 2.87. The summed E-state index contributed by atoms with van der Waals surface area (Å²) in [5, 5.41) is 3.46. The molecular weight excluding hydrogens is 301 g/mol.